The minimum atomic E-state index is -1.29. The molecule has 0 aliphatic carbocycles. The van der Waals surface area contributed by atoms with Crippen molar-refractivity contribution in [3.8, 4) is 0 Å². The van der Waals surface area contributed by atoms with Gasteiger partial charge in [0, 0.05) is 13.6 Å². The highest BCUT2D eigenvalue weighted by Gasteiger charge is 2.52. The van der Waals surface area contributed by atoms with Crippen LogP contribution in [-0.2, 0) is 23.9 Å². The molecule has 0 saturated carbocycles. The first kappa shape index (κ1) is 24.0. The third-order valence-corrected chi connectivity index (χ3v) is 5.96. The molecule has 1 saturated heterocycles. The van der Waals surface area contributed by atoms with Gasteiger partial charge in [0.05, 0.1) is 6.54 Å². The van der Waals surface area contributed by atoms with E-state index in [4.69, 9.17) is 5.73 Å². The number of anilines is 1. The first-order valence-corrected chi connectivity index (χ1v) is 11.0. The Kier molecular flexibility index (Phi) is 6.85. The monoisotopic (exact) mass is 455 g/mol. The predicted molar refractivity (Wildman–Crippen MR) is 123 cm³/mol. The molecule has 176 valence electrons. The largest absolute Gasteiger partial charge is 0.384 e. The second-order valence-electron chi connectivity index (χ2n) is 8.18. The molecule has 10 nitrogen and oxygen atoms in total. The minimum absolute atomic E-state index is 0.219. The number of Topliss-reactive ketones (excluding diaryl/α,β-unsaturated/α-hetero) is 1. The van der Waals surface area contributed by atoms with E-state index in [9.17, 15) is 24.0 Å². The van der Waals surface area contributed by atoms with Crippen LogP contribution >= 0.6 is 0 Å². The Balaban J connectivity index is 2.00. The summed E-state index contributed by atoms with van der Waals surface area (Å²) in [5, 5.41) is 2.77. The zero-order chi connectivity index (χ0) is 24.3. The van der Waals surface area contributed by atoms with Gasteiger partial charge in [-0.2, -0.15) is 0 Å². The Bertz CT molecular complexity index is 1200. The van der Waals surface area contributed by atoms with Gasteiger partial charge >= 0.3 is 11.7 Å². The summed E-state index contributed by atoms with van der Waals surface area (Å²) in [7, 11) is 1.26. The molecule has 0 radical (unpaired) electrons. The Labute approximate surface area is 191 Å². The van der Waals surface area contributed by atoms with Gasteiger partial charge in [-0.3, -0.25) is 28.4 Å². The zero-order valence-electron chi connectivity index (χ0n) is 19.1. The number of carbonyl (C=O) groups excluding carboxylic acids is 3. The molecule has 1 aliphatic rings. The fraction of sp³-hybridized carbons (Fsp3) is 0.435. The molecule has 3 N–H and O–H groups in total. The number of hydrogen-bond acceptors (Lipinski definition) is 6. The molecule has 1 unspecified atom stereocenters. The van der Waals surface area contributed by atoms with Crippen molar-refractivity contribution in [1.29, 1.82) is 0 Å². The summed E-state index contributed by atoms with van der Waals surface area (Å²) in [4.78, 5) is 65.3. The lowest BCUT2D eigenvalue weighted by Gasteiger charge is -2.27. The number of ketones is 1. The molecule has 1 aliphatic heterocycles. The molecule has 3 amide bonds. The van der Waals surface area contributed by atoms with Crippen LogP contribution in [-0.4, -0.2) is 38.3 Å². The van der Waals surface area contributed by atoms with Gasteiger partial charge in [0.2, 0.25) is 0 Å². The molecule has 0 bridgehead atoms. The van der Waals surface area contributed by atoms with Crippen LogP contribution in [0.25, 0.3) is 0 Å². The van der Waals surface area contributed by atoms with E-state index in [1.165, 1.54) is 7.05 Å². The van der Waals surface area contributed by atoms with Crippen LogP contribution in [0.15, 0.2) is 39.9 Å². The van der Waals surface area contributed by atoms with Gasteiger partial charge < -0.3 is 11.1 Å². The highest BCUT2D eigenvalue weighted by molar-refractivity contribution is 6.12. The van der Waals surface area contributed by atoms with Crippen molar-refractivity contribution in [3.63, 3.8) is 0 Å². The summed E-state index contributed by atoms with van der Waals surface area (Å²) in [6.07, 6.45) is 2.41. The maximum Gasteiger partial charge on any atom is 0.332 e. The average molecular weight is 456 g/mol. The van der Waals surface area contributed by atoms with Gasteiger partial charge in [-0.15, -0.1) is 0 Å². The van der Waals surface area contributed by atoms with Crippen LogP contribution in [0.1, 0.15) is 55.5 Å². The number of aromatic nitrogens is 2. The number of nitrogens with zero attached hydrogens (tertiary/aromatic N) is 3. The third-order valence-electron chi connectivity index (χ3n) is 5.96. The summed E-state index contributed by atoms with van der Waals surface area (Å²) in [5.74, 6) is -1.62. The molecule has 1 aromatic carbocycles. The van der Waals surface area contributed by atoms with Crippen LogP contribution in [0, 0.1) is 0 Å². The number of hydrogen-bond donors (Lipinski definition) is 2. The van der Waals surface area contributed by atoms with Crippen molar-refractivity contribution in [2.45, 2.75) is 51.6 Å². The van der Waals surface area contributed by atoms with Crippen molar-refractivity contribution >= 4 is 23.5 Å². The number of nitrogens with two attached hydrogens (primary N) is 1. The maximum absolute atomic E-state index is 13.5. The summed E-state index contributed by atoms with van der Waals surface area (Å²) in [6.45, 7) is 3.36. The van der Waals surface area contributed by atoms with Crippen molar-refractivity contribution < 1.29 is 14.4 Å². The first-order chi connectivity index (χ1) is 15.7. The fourth-order valence-corrected chi connectivity index (χ4v) is 4.15. The molecule has 1 atom stereocenters. The number of benzene rings is 1. The lowest BCUT2D eigenvalue weighted by Crippen LogP contribution is -2.46. The van der Waals surface area contributed by atoms with E-state index in [-0.39, 0.29) is 12.4 Å². The first-order valence-electron chi connectivity index (χ1n) is 11.0. The van der Waals surface area contributed by atoms with Gasteiger partial charge in [-0.05, 0) is 18.4 Å². The Hall–Kier alpha value is -3.69. The van der Waals surface area contributed by atoms with Crippen LogP contribution in [0.4, 0.5) is 10.6 Å². The van der Waals surface area contributed by atoms with E-state index >= 15 is 0 Å². The predicted octanol–water partition coefficient (Wildman–Crippen LogP) is 1.36. The molecule has 0 spiro atoms. The highest BCUT2D eigenvalue weighted by atomic mass is 16.2. The Morgan fingerprint density at radius 3 is 2.33 bits per heavy atom. The maximum atomic E-state index is 13.5. The second-order valence-corrected chi connectivity index (χ2v) is 8.18. The average Bonchev–Trinajstić information content (AvgIpc) is 3.05. The molecule has 2 aromatic rings. The van der Waals surface area contributed by atoms with Gasteiger partial charge in [-0.25, -0.2) is 9.59 Å². The summed E-state index contributed by atoms with van der Waals surface area (Å²) >= 11 is 0. The standard InChI is InChI=1S/C23H29N5O5/c1-4-6-12-23(15-10-8-7-9-11-15)20(31)28(21(32)25-23)14-16(29)17-18(24)27(13-5-2)22(33)26(3)19(17)30/h7-11H,4-6,12-14,24H2,1-3H3,(H,25,32). The quantitative estimate of drug-likeness (QED) is 0.433. The number of rotatable bonds is 9. The number of urea groups is 1. The molecule has 1 fully saturated rings. The molecular weight excluding hydrogens is 426 g/mol. The highest BCUT2D eigenvalue weighted by Crippen LogP contribution is 2.34. The van der Waals surface area contributed by atoms with Crippen LogP contribution in [0.5, 0.6) is 0 Å². The molecule has 10 heteroatoms. The van der Waals surface area contributed by atoms with Crippen LogP contribution in [0.3, 0.4) is 0 Å². The topological polar surface area (TPSA) is 136 Å². The molecule has 3 rings (SSSR count). The van der Waals surface area contributed by atoms with E-state index in [0.717, 1.165) is 20.5 Å². The third kappa shape index (κ3) is 4.08. The molecule has 1 aromatic heterocycles. The van der Waals surface area contributed by atoms with Gasteiger partial charge in [0.15, 0.2) is 5.78 Å². The van der Waals surface area contributed by atoms with E-state index in [2.05, 4.69) is 5.32 Å². The SMILES string of the molecule is CCCCC1(c2ccccc2)NC(=O)N(CC(=O)c2c(N)n(CCC)c(=O)n(C)c2=O)C1=O. The van der Waals surface area contributed by atoms with Crippen molar-refractivity contribution in [3.05, 3.63) is 62.3 Å². The van der Waals surface area contributed by atoms with E-state index < -0.39 is 46.6 Å². The number of carbonyl (C=O) groups is 3. The lowest BCUT2D eigenvalue weighted by atomic mass is 9.85. The fourth-order valence-electron chi connectivity index (χ4n) is 4.15. The number of nitrogens with one attached hydrogen (secondary N) is 1. The number of imide groups is 1. The Morgan fingerprint density at radius 1 is 1.06 bits per heavy atom. The van der Waals surface area contributed by atoms with E-state index in [0.29, 0.717) is 24.8 Å². The van der Waals surface area contributed by atoms with E-state index in [1.807, 2.05) is 19.9 Å². The summed E-state index contributed by atoms with van der Waals surface area (Å²) in [6, 6.07) is 8.16. The second kappa shape index (κ2) is 9.43. The van der Waals surface area contributed by atoms with Crippen molar-refractivity contribution in [2.75, 3.05) is 12.3 Å². The number of amides is 3. The number of nitrogen functional groups attached to an aromatic ring is 1. The van der Waals surface area contributed by atoms with E-state index in [1.54, 1.807) is 24.3 Å². The van der Waals surface area contributed by atoms with Gasteiger partial charge in [0.25, 0.3) is 11.5 Å². The van der Waals surface area contributed by atoms with Crippen molar-refractivity contribution in [1.82, 2.24) is 19.4 Å². The van der Waals surface area contributed by atoms with Crippen LogP contribution < -0.4 is 22.3 Å². The molecule has 2 heterocycles. The normalized spacial score (nSPS) is 18.0. The Morgan fingerprint density at radius 2 is 1.73 bits per heavy atom. The van der Waals surface area contributed by atoms with Crippen LogP contribution in [0.2, 0.25) is 0 Å². The summed E-state index contributed by atoms with van der Waals surface area (Å²) in [5.41, 5.74) is 3.46. The minimum Gasteiger partial charge on any atom is -0.384 e. The molecule has 33 heavy (non-hydrogen) atoms. The van der Waals surface area contributed by atoms with Gasteiger partial charge in [0.1, 0.15) is 16.9 Å². The lowest BCUT2D eigenvalue weighted by molar-refractivity contribution is -0.131. The summed E-state index contributed by atoms with van der Waals surface area (Å²) < 4.78 is 1.96. The molecular formula is C23H29N5O5. The van der Waals surface area contributed by atoms with Gasteiger partial charge in [-0.1, -0.05) is 57.0 Å². The van der Waals surface area contributed by atoms with Crippen molar-refractivity contribution in [2.24, 2.45) is 7.05 Å². The number of unbranched alkanes of at least 4 members (excludes halogenated alkanes) is 1. The smallest absolute Gasteiger partial charge is 0.332 e. The zero-order valence-corrected chi connectivity index (χ0v) is 19.1.